The fourth-order valence-corrected chi connectivity index (χ4v) is 4.13. The van der Waals surface area contributed by atoms with Crippen LogP contribution in [0.3, 0.4) is 0 Å². The summed E-state index contributed by atoms with van der Waals surface area (Å²) in [5, 5.41) is 8.15. The lowest BCUT2D eigenvalue weighted by Crippen LogP contribution is -2.47. The van der Waals surface area contributed by atoms with Crippen molar-refractivity contribution in [3.05, 3.63) is 65.3 Å². The van der Waals surface area contributed by atoms with Gasteiger partial charge in [-0.1, -0.05) is 42.8 Å². The van der Waals surface area contributed by atoms with Crippen molar-refractivity contribution in [1.29, 1.82) is 0 Å². The zero-order valence-electron chi connectivity index (χ0n) is 16.5. The van der Waals surface area contributed by atoms with E-state index in [1.807, 2.05) is 48.5 Å². The van der Waals surface area contributed by atoms with E-state index in [0.717, 1.165) is 54.8 Å². The summed E-state index contributed by atoms with van der Waals surface area (Å²) in [7, 11) is 0. The van der Waals surface area contributed by atoms with Crippen molar-refractivity contribution in [3.8, 4) is 0 Å². The number of anilines is 2. The number of carbonyl (C=O) groups is 1. The number of rotatable bonds is 5. The van der Waals surface area contributed by atoms with E-state index in [-0.39, 0.29) is 11.9 Å². The summed E-state index contributed by atoms with van der Waals surface area (Å²) >= 11 is 6.29. The second-order valence-electron chi connectivity index (χ2n) is 7.37. The van der Waals surface area contributed by atoms with Crippen LogP contribution in [0.2, 0.25) is 5.02 Å². The molecule has 1 saturated heterocycles. The van der Waals surface area contributed by atoms with Crippen molar-refractivity contribution in [2.24, 2.45) is 0 Å². The third-order valence-electron chi connectivity index (χ3n) is 5.45. The summed E-state index contributed by atoms with van der Waals surface area (Å²) in [6, 6.07) is 15.4. The van der Waals surface area contributed by atoms with Crippen molar-refractivity contribution >= 4 is 39.8 Å². The fourth-order valence-electron chi connectivity index (χ4n) is 3.91. The van der Waals surface area contributed by atoms with Crippen molar-refractivity contribution in [1.82, 2.24) is 15.2 Å². The quantitative estimate of drug-likeness (QED) is 0.633. The number of benzene rings is 2. The van der Waals surface area contributed by atoms with Crippen LogP contribution in [0, 0.1) is 0 Å². The highest BCUT2D eigenvalue weighted by Gasteiger charge is 2.22. The summed E-state index contributed by atoms with van der Waals surface area (Å²) in [6.45, 7) is 5.20. The highest BCUT2D eigenvalue weighted by Crippen LogP contribution is 2.30. The first-order valence-electron chi connectivity index (χ1n) is 10.1. The van der Waals surface area contributed by atoms with Crippen molar-refractivity contribution in [2.45, 2.75) is 25.8 Å². The molecule has 0 unspecified atom stereocenters. The number of amides is 1. The van der Waals surface area contributed by atoms with Crippen LogP contribution < -0.4 is 10.6 Å². The van der Waals surface area contributed by atoms with Crippen LogP contribution in [0.5, 0.6) is 0 Å². The first-order valence-corrected chi connectivity index (χ1v) is 10.5. The molecule has 1 fully saturated rings. The van der Waals surface area contributed by atoms with Crippen molar-refractivity contribution in [3.63, 3.8) is 0 Å². The van der Waals surface area contributed by atoms with Gasteiger partial charge in [-0.3, -0.25) is 9.78 Å². The molecule has 2 N–H and O–H groups in total. The number of piperidine rings is 1. The Labute approximate surface area is 176 Å². The standard InChI is InChI=1S/C23H25ClN4O/c1-2-28-14-6-7-16(15-28)26-23(29)18-8-3-4-11-20(18)27-21-12-13-25-22-17(21)9-5-10-19(22)24/h3-5,8-13,16H,2,6-7,14-15H2,1H3,(H,25,27)(H,26,29)/t16-/m1/s1. The van der Waals surface area contributed by atoms with Gasteiger partial charge in [-0.15, -0.1) is 0 Å². The fraction of sp³-hybridized carbons (Fsp3) is 0.304. The molecule has 0 spiro atoms. The molecule has 0 aliphatic carbocycles. The molecule has 2 aromatic carbocycles. The van der Waals surface area contributed by atoms with E-state index in [1.54, 1.807) is 6.20 Å². The van der Waals surface area contributed by atoms with Gasteiger partial charge >= 0.3 is 0 Å². The van der Waals surface area contributed by atoms with E-state index in [1.165, 1.54) is 0 Å². The number of aromatic nitrogens is 1. The highest BCUT2D eigenvalue weighted by molar-refractivity contribution is 6.35. The molecule has 4 rings (SSSR count). The lowest BCUT2D eigenvalue weighted by molar-refractivity contribution is 0.0906. The van der Waals surface area contributed by atoms with Crippen LogP contribution >= 0.6 is 11.6 Å². The van der Waals surface area contributed by atoms with Crippen LogP contribution in [0.15, 0.2) is 54.7 Å². The van der Waals surface area contributed by atoms with Gasteiger partial charge in [-0.25, -0.2) is 0 Å². The first kappa shape index (κ1) is 19.7. The minimum absolute atomic E-state index is 0.0487. The topological polar surface area (TPSA) is 57.3 Å². The summed E-state index contributed by atoms with van der Waals surface area (Å²) in [5.74, 6) is -0.0487. The molecule has 1 aliphatic heterocycles. The van der Waals surface area contributed by atoms with Gasteiger partial charge in [0.05, 0.1) is 21.8 Å². The molecule has 1 amide bonds. The number of hydrogen-bond acceptors (Lipinski definition) is 4. The van der Waals surface area contributed by atoms with Crippen LogP contribution in [-0.4, -0.2) is 41.5 Å². The van der Waals surface area contributed by atoms with Gasteiger partial charge in [0.1, 0.15) is 0 Å². The molecule has 1 aromatic heterocycles. The summed E-state index contributed by atoms with van der Waals surface area (Å²) in [4.78, 5) is 19.8. The number of fused-ring (bicyclic) bond motifs is 1. The maximum atomic E-state index is 13.0. The second-order valence-corrected chi connectivity index (χ2v) is 7.78. The largest absolute Gasteiger partial charge is 0.354 e. The maximum absolute atomic E-state index is 13.0. The predicted octanol–water partition coefficient (Wildman–Crippen LogP) is 4.85. The normalized spacial score (nSPS) is 17.2. The monoisotopic (exact) mass is 408 g/mol. The molecule has 3 aromatic rings. The lowest BCUT2D eigenvalue weighted by atomic mass is 10.0. The number of nitrogens with one attached hydrogen (secondary N) is 2. The van der Waals surface area contributed by atoms with Gasteiger partial charge in [-0.05, 0) is 50.2 Å². The Kier molecular flexibility index (Phi) is 5.97. The van der Waals surface area contributed by atoms with Gasteiger partial charge in [0.15, 0.2) is 0 Å². The summed E-state index contributed by atoms with van der Waals surface area (Å²) < 4.78 is 0. The average Bonchev–Trinajstić information content (AvgIpc) is 2.75. The zero-order valence-corrected chi connectivity index (χ0v) is 17.2. The average molecular weight is 409 g/mol. The van der Waals surface area contributed by atoms with E-state index in [0.29, 0.717) is 10.6 Å². The minimum Gasteiger partial charge on any atom is -0.354 e. The van der Waals surface area contributed by atoms with Crippen LogP contribution in [0.4, 0.5) is 11.4 Å². The molecule has 29 heavy (non-hydrogen) atoms. The number of likely N-dealkylation sites (N-methyl/N-ethyl adjacent to an activating group) is 1. The minimum atomic E-state index is -0.0487. The molecule has 0 radical (unpaired) electrons. The van der Waals surface area contributed by atoms with Gasteiger partial charge < -0.3 is 15.5 Å². The maximum Gasteiger partial charge on any atom is 0.253 e. The third-order valence-corrected chi connectivity index (χ3v) is 5.76. The number of carbonyl (C=O) groups excluding carboxylic acids is 1. The van der Waals surface area contributed by atoms with Gasteiger partial charge in [0.25, 0.3) is 5.91 Å². The Morgan fingerprint density at radius 3 is 2.90 bits per heavy atom. The molecule has 5 nitrogen and oxygen atoms in total. The van der Waals surface area contributed by atoms with Crippen LogP contribution in [0.25, 0.3) is 10.9 Å². The predicted molar refractivity (Wildman–Crippen MR) is 119 cm³/mol. The molecule has 0 saturated carbocycles. The molecule has 150 valence electrons. The Morgan fingerprint density at radius 1 is 1.17 bits per heavy atom. The number of nitrogens with zero attached hydrogens (tertiary/aromatic N) is 2. The van der Waals surface area contributed by atoms with E-state index in [2.05, 4.69) is 27.4 Å². The first-order chi connectivity index (χ1) is 14.2. The highest BCUT2D eigenvalue weighted by atomic mass is 35.5. The Balaban J connectivity index is 1.58. The number of halogens is 1. The molecular formula is C23H25ClN4O. The number of para-hydroxylation sites is 2. The lowest BCUT2D eigenvalue weighted by Gasteiger charge is -2.32. The third kappa shape index (κ3) is 4.36. The SMILES string of the molecule is CCN1CCC[C@@H](NC(=O)c2ccccc2Nc2ccnc3c(Cl)cccc23)C1. The molecule has 1 atom stereocenters. The van der Waals surface area contributed by atoms with E-state index >= 15 is 0 Å². The van der Waals surface area contributed by atoms with Crippen molar-refractivity contribution < 1.29 is 4.79 Å². The van der Waals surface area contributed by atoms with Crippen molar-refractivity contribution in [2.75, 3.05) is 25.0 Å². The van der Waals surface area contributed by atoms with Gasteiger partial charge in [-0.2, -0.15) is 0 Å². The van der Waals surface area contributed by atoms with Crippen LogP contribution in [0.1, 0.15) is 30.1 Å². The number of pyridine rings is 1. The molecule has 2 heterocycles. The summed E-state index contributed by atoms with van der Waals surface area (Å²) in [6.07, 6.45) is 3.86. The van der Waals surface area contributed by atoms with Gasteiger partial charge in [0, 0.05) is 29.9 Å². The number of likely N-dealkylation sites (tertiary alicyclic amines) is 1. The molecule has 0 bridgehead atoms. The Hall–Kier alpha value is -2.63. The van der Waals surface area contributed by atoms with Gasteiger partial charge in [0.2, 0.25) is 0 Å². The van der Waals surface area contributed by atoms with E-state index < -0.39 is 0 Å². The molecule has 6 heteroatoms. The Bertz CT molecular complexity index is 1020. The Morgan fingerprint density at radius 2 is 2.03 bits per heavy atom. The van der Waals surface area contributed by atoms with Crippen LogP contribution in [-0.2, 0) is 0 Å². The number of hydrogen-bond donors (Lipinski definition) is 2. The smallest absolute Gasteiger partial charge is 0.253 e. The summed E-state index contributed by atoms with van der Waals surface area (Å²) in [5.41, 5.74) is 3.00. The zero-order chi connectivity index (χ0) is 20.2. The molecule has 1 aliphatic rings. The van der Waals surface area contributed by atoms with E-state index in [9.17, 15) is 4.79 Å². The second kappa shape index (κ2) is 8.80. The van der Waals surface area contributed by atoms with E-state index in [4.69, 9.17) is 11.6 Å². The molecular weight excluding hydrogens is 384 g/mol.